The number of carbonyl (C=O) groups is 2. The molecule has 2 amide bonds. The molecule has 0 aliphatic carbocycles. The molecule has 0 saturated heterocycles. The molecule has 0 unspecified atom stereocenters. The minimum Gasteiger partial charge on any atom is -0.505 e. The van der Waals surface area contributed by atoms with Crippen molar-refractivity contribution in [3.8, 4) is 5.75 Å². The number of phenolic OH excluding ortho intramolecular Hbond substituents is 1. The maximum atomic E-state index is 12.4. The molecular formula is C9H3F3N2O3. The number of fused-ring (bicyclic) bond motifs is 1. The Hall–Kier alpha value is -2.25. The fraction of sp³-hybridized carbons (Fsp3) is 0.111. The van der Waals surface area contributed by atoms with E-state index in [0.29, 0.717) is 6.07 Å². The van der Waals surface area contributed by atoms with Gasteiger partial charge in [-0.2, -0.15) is 18.2 Å². The number of amides is 2. The molecule has 1 aromatic carbocycles. The Balaban J connectivity index is 2.84. The highest BCUT2D eigenvalue weighted by atomic mass is 19.4. The number of nitrogens with zero attached hydrogens (tertiary/aromatic N) is 2. The van der Waals surface area contributed by atoms with Crippen LogP contribution in [0.5, 0.6) is 5.75 Å². The van der Waals surface area contributed by atoms with Crippen LogP contribution in [-0.2, 0) is 15.8 Å². The second-order valence-corrected chi connectivity index (χ2v) is 3.16. The van der Waals surface area contributed by atoms with E-state index in [1.165, 1.54) is 0 Å². The summed E-state index contributed by atoms with van der Waals surface area (Å²) in [7, 11) is 0. The van der Waals surface area contributed by atoms with E-state index in [1.807, 2.05) is 0 Å². The van der Waals surface area contributed by atoms with E-state index in [0.717, 1.165) is 6.07 Å². The van der Waals surface area contributed by atoms with Gasteiger partial charge < -0.3 is 5.11 Å². The number of rotatable bonds is 0. The molecule has 2 rings (SSSR count). The minimum atomic E-state index is -4.78. The van der Waals surface area contributed by atoms with Gasteiger partial charge in [0.25, 0.3) is 0 Å². The van der Waals surface area contributed by atoms with Crippen LogP contribution in [0.2, 0.25) is 0 Å². The van der Waals surface area contributed by atoms with Crippen molar-refractivity contribution in [2.45, 2.75) is 6.18 Å². The quantitative estimate of drug-likeness (QED) is 0.637. The Kier molecular flexibility index (Phi) is 2.23. The number of hydrogen-bond donors (Lipinski definition) is 1. The highest BCUT2D eigenvalue weighted by Crippen LogP contribution is 2.32. The van der Waals surface area contributed by atoms with Gasteiger partial charge in [0.2, 0.25) is 0 Å². The van der Waals surface area contributed by atoms with E-state index in [-0.39, 0.29) is 5.36 Å². The van der Waals surface area contributed by atoms with Crippen molar-refractivity contribution < 1.29 is 27.9 Å². The number of hydrogen-bond acceptors (Lipinski definition) is 3. The molecule has 0 aromatic heterocycles. The van der Waals surface area contributed by atoms with Gasteiger partial charge in [-0.15, -0.1) is 0 Å². The topological polar surface area (TPSA) is 79.1 Å². The van der Waals surface area contributed by atoms with Gasteiger partial charge in [-0.1, -0.05) is 0 Å². The highest BCUT2D eigenvalue weighted by Gasteiger charge is 2.35. The van der Waals surface area contributed by atoms with Crippen LogP contribution < -0.4 is 10.7 Å². The van der Waals surface area contributed by atoms with Crippen molar-refractivity contribution in [3.63, 3.8) is 0 Å². The molecule has 0 bridgehead atoms. The fourth-order valence-corrected chi connectivity index (χ4v) is 1.30. The molecule has 0 spiro atoms. The fourth-order valence-electron chi connectivity index (χ4n) is 1.30. The first-order chi connectivity index (χ1) is 7.80. The average molecular weight is 244 g/mol. The third kappa shape index (κ3) is 1.77. The monoisotopic (exact) mass is 244 g/mol. The second-order valence-electron chi connectivity index (χ2n) is 3.16. The zero-order chi connectivity index (χ0) is 12.8. The third-order valence-corrected chi connectivity index (χ3v) is 2.05. The molecule has 1 aromatic rings. The third-order valence-electron chi connectivity index (χ3n) is 2.05. The first kappa shape index (κ1) is 11.2. The molecular weight excluding hydrogens is 241 g/mol. The van der Waals surface area contributed by atoms with Gasteiger partial charge in [0.15, 0.2) is 5.75 Å². The smallest absolute Gasteiger partial charge is 0.420 e. The Morgan fingerprint density at radius 2 is 1.65 bits per heavy atom. The summed E-state index contributed by atoms with van der Waals surface area (Å²) >= 11 is 0. The molecule has 17 heavy (non-hydrogen) atoms. The van der Waals surface area contributed by atoms with Gasteiger partial charge in [0, 0.05) is 0 Å². The lowest BCUT2D eigenvalue weighted by molar-refractivity contribution is -0.139. The predicted octanol–water partition coefficient (Wildman–Crippen LogP) is -0.283. The number of benzene rings is 1. The van der Waals surface area contributed by atoms with Crippen LogP contribution in [0, 0.1) is 0 Å². The Morgan fingerprint density at radius 1 is 1.06 bits per heavy atom. The van der Waals surface area contributed by atoms with Crippen molar-refractivity contribution in [3.05, 3.63) is 28.4 Å². The van der Waals surface area contributed by atoms with Crippen LogP contribution in [0.25, 0.3) is 0 Å². The zero-order valence-electron chi connectivity index (χ0n) is 7.95. The van der Waals surface area contributed by atoms with Crippen LogP contribution in [0.3, 0.4) is 0 Å². The molecule has 0 radical (unpaired) electrons. The van der Waals surface area contributed by atoms with E-state index in [1.54, 1.807) is 0 Å². The summed E-state index contributed by atoms with van der Waals surface area (Å²) in [6, 6.07) is 1.43. The molecule has 0 fully saturated rings. The summed E-state index contributed by atoms with van der Waals surface area (Å²) in [5.74, 6) is -3.71. The molecule has 1 heterocycles. The molecule has 0 saturated carbocycles. The van der Waals surface area contributed by atoms with Gasteiger partial charge in [-0.3, -0.25) is 9.59 Å². The van der Waals surface area contributed by atoms with Crippen LogP contribution in [-0.4, -0.2) is 16.9 Å². The normalized spacial score (nSPS) is 15.0. The van der Waals surface area contributed by atoms with E-state index in [2.05, 4.69) is 9.98 Å². The van der Waals surface area contributed by atoms with Crippen LogP contribution in [0.4, 0.5) is 13.2 Å². The lowest BCUT2D eigenvalue weighted by atomic mass is 10.1. The van der Waals surface area contributed by atoms with Crippen LogP contribution in [0.15, 0.2) is 22.1 Å². The van der Waals surface area contributed by atoms with Crippen LogP contribution >= 0.6 is 0 Å². The lowest BCUT2D eigenvalue weighted by Crippen LogP contribution is -2.35. The van der Waals surface area contributed by atoms with E-state index in [9.17, 15) is 27.9 Å². The van der Waals surface area contributed by atoms with Gasteiger partial charge >= 0.3 is 18.0 Å². The predicted molar refractivity (Wildman–Crippen MR) is 45.4 cm³/mol. The number of alkyl halides is 3. The van der Waals surface area contributed by atoms with Crippen molar-refractivity contribution in [1.82, 2.24) is 0 Å². The molecule has 0 atom stereocenters. The first-order valence-electron chi connectivity index (χ1n) is 4.25. The summed E-state index contributed by atoms with van der Waals surface area (Å²) in [5, 5.41) is 8.44. The molecule has 1 aliphatic rings. The summed E-state index contributed by atoms with van der Waals surface area (Å²) in [6.45, 7) is 0. The Bertz CT molecular complexity index is 649. The van der Waals surface area contributed by atoms with Crippen molar-refractivity contribution in [1.29, 1.82) is 0 Å². The molecule has 8 heteroatoms. The average Bonchev–Trinajstić information content (AvgIpc) is 2.19. The SMILES string of the molecule is O=C1N=c2ccc(C(F)(F)F)c(O)c2=NC1=O. The number of halogens is 3. The zero-order valence-corrected chi connectivity index (χ0v) is 7.95. The summed E-state index contributed by atoms with van der Waals surface area (Å²) < 4.78 is 37.2. The molecule has 88 valence electrons. The highest BCUT2D eigenvalue weighted by molar-refractivity contribution is 6.36. The van der Waals surface area contributed by atoms with Gasteiger partial charge in [0.1, 0.15) is 5.36 Å². The maximum absolute atomic E-state index is 12.4. The Labute approximate surface area is 90.9 Å². The maximum Gasteiger partial charge on any atom is 0.420 e. The summed E-state index contributed by atoms with van der Waals surface area (Å²) in [4.78, 5) is 28.0. The largest absolute Gasteiger partial charge is 0.505 e. The van der Waals surface area contributed by atoms with Gasteiger partial charge in [0.05, 0.1) is 10.9 Å². The van der Waals surface area contributed by atoms with E-state index in [4.69, 9.17) is 0 Å². The number of aromatic hydroxyl groups is 1. The Morgan fingerprint density at radius 3 is 2.24 bits per heavy atom. The summed E-state index contributed by atoms with van der Waals surface area (Å²) in [6.07, 6.45) is -4.78. The first-order valence-corrected chi connectivity index (χ1v) is 4.25. The van der Waals surface area contributed by atoms with Gasteiger partial charge in [-0.05, 0) is 12.1 Å². The second kappa shape index (κ2) is 3.37. The van der Waals surface area contributed by atoms with E-state index >= 15 is 0 Å². The van der Waals surface area contributed by atoms with E-state index < -0.39 is 34.7 Å². The van der Waals surface area contributed by atoms with Crippen molar-refractivity contribution in [2.75, 3.05) is 0 Å². The van der Waals surface area contributed by atoms with Gasteiger partial charge in [-0.25, -0.2) is 4.99 Å². The summed E-state index contributed by atoms with van der Waals surface area (Å²) in [5.41, 5.74) is -1.34. The molecule has 1 N–H and O–H groups in total. The minimum absolute atomic E-state index is 0.264. The molecule has 5 nitrogen and oxygen atoms in total. The number of carbonyl (C=O) groups excluding carboxylic acids is 2. The van der Waals surface area contributed by atoms with Crippen molar-refractivity contribution >= 4 is 11.8 Å². The standard InChI is InChI=1S/C9H3F3N2O3/c10-9(11,12)3-1-2-4-5(6(3)15)14-8(17)7(16)13-4/h1-2,15H. The van der Waals surface area contributed by atoms with Crippen LogP contribution in [0.1, 0.15) is 5.56 Å². The lowest BCUT2D eigenvalue weighted by Gasteiger charge is -2.09. The molecule has 1 aliphatic heterocycles. The number of phenols is 1. The van der Waals surface area contributed by atoms with Crippen molar-refractivity contribution in [2.24, 2.45) is 9.98 Å².